The predicted octanol–water partition coefficient (Wildman–Crippen LogP) is 1.16. The molecule has 14 heavy (non-hydrogen) atoms. The summed E-state index contributed by atoms with van der Waals surface area (Å²) < 4.78 is 5.58. The summed E-state index contributed by atoms with van der Waals surface area (Å²) >= 11 is 3.25. The number of aliphatic hydroxyl groups excluding tert-OH is 1. The Morgan fingerprint density at radius 3 is 2.71 bits per heavy atom. The first kappa shape index (κ1) is 11.3. The standard InChI is InChI=1S/C9H12BrNO3/c1-14-7-3-2-5(10)8(9(7)13)6(11)4-12/h2-3,6,12-13H,4,11H2,1H3. The number of phenolic OH excluding ortho intramolecular Hbond substituents is 1. The fourth-order valence-electron chi connectivity index (χ4n) is 1.17. The van der Waals surface area contributed by atoms with Crippen LogP contribution in [0, 0.1) is 0 Å². The maximum Gasteiger partial charge on any atom is 0.163 e. The molecule has 0 aliphatic heterocycles. The van der Waals surface area contributed by atoms with E-state index in [9.17, 15) is 5.11 Å². The van der Waals surface area contributed by atoms with Crippen LogP contribution in [0.3, 0.4) is 0 Å². The van der Waals surface area contributed by atoms with Gasteiger partial charge in [0.05, 0.1) is 19.8 Å². The lowest BCUT2D eigenvalue weighted by atomic mass is 10.1. The van der Waals surface area contributed by atoms with Crippen molar-refractivity contribution >= 4 is 15.9 Å². The summed E-state index contributed by atoms with van der Waals surface area (Å²) in [6, 6.07) is 2.70. The van der Waals surface area contributed by atoms with E-state index in [2.05, 4.69) is 15.9 Å². The highest BCUT2D eigenvalue weighted by atomic mass is 79.9. The molecule has 0 radical (unpaired) electrons. The molecule has 0 aliphatic rings. The van der Waals surface area contributed by atoms with Crippen LogP contribution < -0.4 is 10.5 Å². The zero-order valence-corrected chi connectivity index (χ0v) is 9.28. The van der Waals surface area contributed by atoms with Crippen molar-refractivity contribution in [3.63, 3.8) is 0 Å². The number of hydrogen-bond acceptors (Lipinski definition) is 4. The summed E-state index contributed by atoms with van der Waals surface area (Å²) in [7, 11) is 1.46. The molecule has 4 nitrogen and oxygen atoms in total. The Balaban J connectivity index is 3.25. The van der Waals surface area contributed by atoms with Crippen molar-refractivity contribution in [1.82, 2.24) is 0 Å². The highest BCUT2D eigenvalue weighted by Crippen LogP contribution is 2.37. The maximum absolute atomic E-state index is 9.73. The SMILES string of the molecule is COc1ccc(Br)c(C(N)CO)c1O. The van der Waals surface area contributed by atoms with Gasteiger partial charge in [-0.2, -0.15) is 0 Å². The highest BCUT2D eigenvalue weighted by Gasteiger charge is 2.17. The van der Waals surface area contributed by atoms with Gasteiger partial charge < -0.3 is 20.7 Å². The predicted molar refractivity (Wildman–Crippen MR) is 56.4 cm³/mol. The second-order valence-corrected chi connectivity index (χ2v) is 3.66. The second-order valence-electron chi connectivity index (χ2n) is 2.80. The monoisotopic (exact) mass is 261 g/mol. The molecule has 0 saturated heterocycles. The molecular weight excluding hydrogens is 250 g/mol. The number of methoxy groups -OCH3 is 1. The molecule has 1 aromatic rings. The summed E-state index contributed by atoms with van der Waals surface area (Å²) in [5.41, 5.74) is 6.07. The summed E-state index contributed by atoms with van der Waals surface area (Å²) in [4.78, 5) is 0. The molecule has 0 amide bonds. The zero-order chi connectivity index (χ0) is 10.7. The van der Waals surface area contributed by atoms with Crippen molar-refractivity contribution in [2.75, 3.05) is 13.7 Å². The van der Waals surface area contributed by atoms with Crippen molar-refractivity contribution in [2.24, 2.45) is 5.73 Å². The average Bonchev–Trinajstić information content (AvgIpc) is 2.18. The molecule has 5 heteroatoms. The third-order valence-corrected chi connectivity index (χ3v) is 2.61. The van der Waals surface area contributed by atoms with Crippen molar-refractivity contribution in [2.45, 2.75) is 6.04 Å². The van der Waals surface area contributed by atoms with Crippen LogP contribution in [0.25, 0.3) is 0 Å². The Bertz CT molecular complexity index is 330. The fourth-order valence-corrected chi connectivity index (χ4v) is 1.79. The van der Waals surface area contributed by atoms with Crippen molar-refractivity contribution < 1.29 is 14.9 Å². The largest absolute Gasteiger partial charge is 0.504 e. The Morgan fingerprint density at radius 1 is 1.57 bits per heavy atom. The smallest absolute Gasteiger partial charge is 0.163 e. The molecule has 0 fully saturated rings. The number of halogens is 1. The van der Waals surface area contributed by atoms with Crippen LogP contribution in [0.4, 0.5) is 0 Å². The van der Waals surface area contributed by atoms with Gasteiger partial charge in [0.1, 0.15) is 0 Å². The summed E-state index contributed by atoms with van der Waals surface area (Å²) in [6.45, 7) is -0.237. The summed E-state index contributed by atoms with van der Waals surface area (Å²) in [5, 5.41) is 18.6. The second kappa shape index (κ2) is 4.63. The number of benzene rings is 1. The van der Waals surface area contributed by atoms with E-state index in [-0.39, 0.29) is 12.4 Å². The number of ether oxygens (including phenoxy) is 1. The van der Waals surface area contributed by atoms with E-state index in [4.69, 9.17) is 15.6 Å². The third-order valence-electron chi connectivity index (χ3n) is 1.91. The number of phenols is 1. The van der Waals surface area contributed by atoms with E-state index in [1.54, 1.807) is 12.1 Å². The minimum absolute atomic E-state index is 0.0385. The summed E-state index contributed by atoms with van der Waals surface area (Å²) in [6.07, 6.45) is 0. The van der Waals surface area contributed by atoms with Crippen LogP contribution >= 0.6 is 15.9 Å². The van der Waals surface area contributed by atoms with Gasteiger partial charge in [-0.3, -0.25) is 0 Å². The van der Waals surface area contributed by atoms with E-state index in [1.807, 2.05) is 0 Å². The van der Waals surface area contributed by atoms with Gasteiger partial charge in [0.2, 0.25) is 0 Å². The summed E-state index contributed by atoms with van der Waals surface area (Å²) in [5.74, 6) is 0.301. The Kier molecular flexibility index (Phi) is 3.74. The minimum atomic E-state index is -0.625. The molecule has 0 saturated carbocycles. The van der Waals surface area contributed by atoms with Gasteiger partial charge in [0, 0.05) is 10.0 Å². The number of aromatic hydroxyl groups is 1. The third kappa shape index (κ3) is 2.00. The molecule has 4 N–H and O–H groups in total. The van der Waals surface area contributed by atoms with E-state index in [0.717, 1.165) is 0 Å². The first-order valence-corrected chi connectivity index (χ1v) is 4.83. The van der Waals surface area contributed by atoms with Gasteiger partial charge in [-0.15, -0.1) is 0 Å². The molecule has 1 aromatic carbocycles. The number of rotatable bonds is 3. The van der Waals surface area contributed by atoms with Gasteiger partial charge in [-0.25, -0.2) is 0 Å². The highest BCUT2D eigenvalue weighted by molar-refractivity contribution is 9.10. The zero-order valence-electron chi connectivity index (χ0n) is 7.70. The van der Waals surface area contributed by atoms with E-state index < -0.39 is 6.04 Å². The molecular formula is C9H12BrNO3. The maximum atomic E-state index is 9.73. The average molecular weight is 262 g/mol. The lowest BCUT2D eigenvalue weighted by Crippen LogP contribution is -2.15. The molecule has 1 atom stereocenters. The lowest BCUT2D eigenvalue weighted by Gasteiger charge is -2.15. The van der Waals surface area contributed by atoms with Gasteiger partial charge in [0.25, 0.3) is 0 Å². The molecule has 0 bridgehead atoms. The lowest BCUT2D eigenvalue weighted by molar-refractivity contribution is 0.263. The van der Waals surface area contributed by atoms with Gasteiger partial charge >= 0.3 is 0 Å². The van der Waals surface area contributed by atoms with E-state index >= 15 is 0 Å². The molecule has 78 valence electrons. The van der Waals surface area contributed by atoms with Crippen LogP contribution in [0.15, 0.2) is 16.6 Å². The van der Waals surface area contributed by atoms with Crippen molar-refractivity contribution in [1.29, 1.82) is 0 Å². The first-order valence-electron chi connectivity index (χ1n) is 4.03. The Morgan fingerprint density at radius 2 is 2.21 bits per heavy atom. The molecule has 0 aromatic heterocycles. The quantitative estimate of drug-likeness (QED) is 0.763. The Hall–Kier alpha value is -0.780. The molecule has 0 aliphatic carbocycles. The van der Waals surface area contributed by atoms with E-state index in [0.29, 0.717) is 15.8 Å². The fraction of sp³-hybridized carbons (Fsp3) is 0.333. The first-order chi connectivity index (χ1) is 6.61. The van der Waals surface area contributed by atoms with E-state index in [1.165, 1.54) is 7.11 Å². The van der Waals surface area contributed by atoms with Gasteiger partial charge in [0.15, 0.2) is 11.5 Å². The van der Waals surface area contributed by atoms with Gasteiger partial charge in [-0.1, -0.05) is 15.9 Å². The van der Waals surface area contributed by atoms with Gasteiger partial charge in [-0.05, 0) is 12.1 Å². The number of hydrogen-bond donors (Lipinski definition) is 3. The van der Waals surface area contributed by atoms with Crippen LogP contribution in [0.1, 0.15) is 11.6 Å². The number of aliphatic hydroxyl groups is 1. The molecule has 0 spiro atoms. The van der Waals surface area contributed by atoms with Crippen LogP contribution in [0.5, 0.6) is 11.5 Å². The Labute approximate surface area is 90.4 Å². The van der Waals surface area contributed by atoms with Crippen LogP contribution in [-0.4, -0.2) is 23.9 Å². The van der Waals surface area contributed by atoms with Crippen LogP contribution in [-0.2, 0) is 0 Å². The molecule has 1 rings (SSSR count). The number of nitrogens with two attached hydrogens (primary N) is 1. The normalized spacial score (nSPS) is 12.6. The van der Waals surface area contributed by atoms with Crippen molar-refractivity contribution in [3.05, 3.63) is 22.2 Å². The minimum Gasteiger partial charge on any atom is -0.504 e. The van der Waals surface area contributed by atoms with Crippen LogP contribution in [0.2, 0.25) is 0 Å². The molecule has 0 heterocycles. The topological polar surface area (TPSA) is 75.7 Å². The van der Waals surface area contributed by atoms with Crippen molar-refractivity contribution in [3.8, 4) is 11.5 Å². The molecule has 1 unspecified atom stereocenters.